The van der Waals surface area contributed by atoms with E-state index in [1.165, 1.54) is 5.56 Å². The lowest BCUT2D eigenvalue weighted by atomic mass is 10.0. The highest BCUT2D eigenvalue weighted by Gasteiger charge is 2.26. The molecule has 1 heterocycles. The number of piperazine rings is 1. The van der Waals surface area contributed by atoms with Gasteiger partial charge in [-0.15, -0.1) is 0 Å². The molecule has 80 valence electrons. The molecule has 2 N–H and O–H groups in total. The fraction of sp³-hybridized carbons (Fsp3) is 0.417. The molecule has 0 spiro atoms. The van der Waals surface area contributed by atoms with Crippen LogP contribution in [0.1, 0.15) is 18.5 Å². The van der Waals surface area contributed by atoms with Crippen LogP contribution in [0.4, 0.5) is 0 Å². The Morgan fingerprint density at radius 3 is 2.80 bits per heavy atom. The molecule has 2 atom stereocenters. The average Bonchev–Trinajstić information content (AvgIpc) is 2.30. The van der Waals surface area contributed by atoms with Gasteiger partial charge in [0, 0.05) is 6.54 Å². The number of nitrogens with one attached hydrogen (secondary N) is 2. The number of hydrogen-bond donors (Lipinski definition) is 2. The van der Waals surface area contributed by atoms with Gasteiger partial charge in [-0.3, -0.25) is 10.2 Å². The van der Waals surface area contributed by atoms with E-state index in [1.807, 2.05) is 18.2 Å². The van der Waals surface area contributed by atoms with Crippen LogP contribution in [-0.2, 0) is 4.79 Å². The Kier molecular flexibility index (Phi) is 3.14. The van der Waals surface area contributed by atoms with Gasteiger partial charge in [-0.1, -0.05) is 30.3 Å². The van der Waals surface area contributed by atoms with Crippen molar-refractivity contribution in [3.63, 3.8) is 0 Å². The third-order valence-electron chi connectivity index (χ3n) is 2.97. The van der Waals surface area contributed by atoms with Gasteiger partial charge in [0.25, 0.3) is 0 Å². The molecule has 1 amide bonds. The molecule has 1 saturated heterocycles. The normalized spacial score (nSPS) is 26.2. The zero-order valence-electron chi connectivity index (χ0n) is 8.99. The molecule has 3 heteroatoms. The summed E-state index contributed by atoms with van der Waals surface area (Å²) in [5.41, 5.74) is 1.27. The van der Waals surface area contributed by atoms with Crippen LogP contribution in [0.5, 0.6) is 0 Å². The molecule has 3 nitrogen and oxygen atoms in total. The van der Waals surface area contributed by atoms with Crippen molar-refractivity contribution in [3.05, 3.63) is 35.9 Å². The van der Waals surface area contributed by atoms with E-state index >= 15 is 0 Å². The molecule has 2 rings (SSSR count). The molecule has 0 saturated carbocycles. The maximum atomic E-state index is 11.3. The van der Waals surface area contributed by atoms with Gasteiger partial charge >= 0.3 is 5.91 Å². The molecule has 2 unspecified atom stereocenters. The van der Waals surface area contributed by atoms with Crippen LogP contribution in [0.3, 0.4) is 0 Å². The molecule has 0 aromatic heterocycles. The first-order chi connectivity index (χ1) is 7.27. The second kappa shape index (κ2) is 4.55. The van der Waals surface area contributed by atoms with Crippen LogP contribution in [0.2, 0.25) is 0 Å². The molecular formula is C12H17N2O+. The molecule has 15 heavy (non-hydrogen) atoms. The molecule has 1 aromatic rings. The lowest BCUT2D eigenvalue weighted by Crippen LogP contribution is -3.16. The molecule has 1 aromatic carbocycles. The van der Waals surface area contributed by atoms with Crippen molar-refractivity contribution >= 4 is 5.91 Å². The second-order valence-corrected chi connectivity index (χ2v) is 4.03. The number of rotatable bonds is 1. The highest BCUT2D eigenvalue weighted by Crippen LogP contribution is 2.10. The van der Waals surface area contributed by atoms with Gasteiger partial charge in [0.05, 0.1) is 19.5 Å². The van der Waals surface area contributed by atoms with Crippen molar-refractivity contribution < 1.29 is 9.69 Å². The first-order valence-corrected chi connectivity index (χ1v) is 5.41. The fourth-order valence-corrected chi connectivity index (χ4v) is 2.06. The van der Waals surface area contributed by atoms with Gasteiger partial charge in [0.2, 0.25) is 0 Å². The molecule has 0 aliphatic carbocycles. The smallest absolute Gasteiger partial charge is 0.300 e. The quantitative estimate of drug-likeness (QED) is 0.663. The van der Waals surface area contributed by atoms with Crippen LogP contribution in [-0.4, -0.2) is 25.5 Å². The Morgan fingerprint density at radius 1 is 1.40 bits per heavy atom. The summed E-state index contributed by atoms with van der Waals surface area (Å²) in [7, 11) is 0. The van der Waals surface area contributed by atoms with Gasteiger partial charge in [0.15, 0.2) is 0 Å². The van der Waals surface area contributed by atoms with E-state index in [0.717, 1.165) is 24.5 Å². The summed E-state index contributed by atoms with van der Waals surface area (Å²) < 4.78 is 0. The van der Waals surface area contributed by atoms with Crippen LogP contribution in [0.15, 0.2) is 30.3 Å². The highest BCUT2D eigenvalue weighted by molar-refractivity contribution is 5.63. The maximum absolute atomic E-state index is 11.3. The third-order valence-corrected chi connectivity index (χ3v) is 2.97. The van der Waals surface area contributed by atoms with Gasteiger partial charge in [-0.2, -0.15) is 0 Å². The van der Waals surface area contributed by atoms with E-state index < -0.39 is 0 Å². The Morgan fingerprint density at radius 2 is 2.13 bits per heavy atom. The van der Waals surface area contributed by atoms with E-state index in [4.69, 9.17) is 0 Å². The summed E-state index contributed by atoms with van der Waals surface area (Å²) in [6.45, 7) is 4.34. The third kappa shape index (κ3) is 2.43. The summed E-state index contributed by atoms with van der Waals surface area (Å²) >= 11 is 0. The molecule has 0 bridgehead atoms. The fourth-order valence-electron chi connectivity index (χ4n) is 2.06. The van der Waals surface area contributed by atoms with Gasteiger partial charge < -0.3 is 0 Å². The minimum absolute atomic E-state index is 0.248. The molecule has 1 fully saturated rings. The first-order valence-electron chi connectivity index (χ1n) is 5.41. The Hall–Kier alpha value is -1.19. The van der Waals surface area contributed by atoms with Crippen LogP contribution >= 0.6 is 0 Å². The van der Waals surface area contributed by atoms with Gasteiger partial charge in [0.1, 0.15) is 6.54 Å². The number of quaternary nitrogens is 1. The maximum Gasteiger partial charge on any atom is 0.309 e. The summed E-state index contributed by atoms with van der Waals surface area (Å²) in [4.78, 5) is 12.4. The predicted molar refractivity (Wildman–Crippen MR) is 58.6 cm³/mol. The molecule has 0 radical (unpaired) electrons. The predicted octanol–water partition coefficient (Wildman–Crippen LogP) is -0.238. The minimum atomic E-state index is 0.248. The van der Waals surface area contributed by atoms with E-state index in [9.17, 15) is 4.79 Å². The number of carbonyl (C=O) groups excluding carboxylic acids is 1. The SMILES string of the molecule is CC(=O)[NH+]1CCNC(c2ccccc2)C1. The Bertz CT molecular complexity index is 337. The van der Waals surface area contributed by atoms with Crippen LogP contribution < -0.4 is 10.2 Å². The number of hydrogen-bond acceptors (Lipinski definition) is 2. The van der Waals surface area contributed by atoms with Crippen molar-refractivity contribution in [2.75, 3.05) is 19.6 Å². The highest BCUT2D eigenvalue weighted by atomic mass is 16.2. The number of carbonyl (C=O) groups is 1. The minimum Gasteiger partial charge on any atom is -0.300 e. The van der Waals surface area contributed by atoms with Crippen molar-refractivity contribution in [2.45, 2.75) is 13.0 Å². The van der Waals surface area contributed by atoms with E-state index in [2.05, 4.69) is 17.4 Å². The lowest BCUT2D eigenvalue weighted by molar-refractivity contribution is -0.826. The zero-order chi connectivity index (χ0) is 10.7. The van der Waals surface area contributed by atoms with E-state index in [1.54, 1.807) is 6.92 Å². The van der Waals surface area contributed by atoms with Crippen molar-refractivity contribution in [3.8, 4) is 0 Å². The van der Waals surface area contributed by atoms with Crippen LogP contribution in [0.25, 0.3) is 0 Å². The van der Waals surface area contributed by atoms with E-state index in [0.29, 0.717) is 6.04 Å². The zero-order valence-corrected chi connectivity index (χ0v) is 8.99. The summed E-state index contributed by atoms with van der Waals surface area (Å²) in [6, 6.07) is 10.6. The van der Waals surface area contributed by atoms with Crippen molar-refractivity contribution in [2.24, 2.45) is 0 Å². The second-order valence-electron chi connectivity index (χ2n) is 4.03. The summed E-state index contributed by atoms with van der Waals surface area (Å²) in [5.74, 6) is 0.248. The number of benzene rings is 1. The standard InChI is InChI=1S/C12H16N2O/c1-10(15)14-8-7-13-12(9-14)11-5-3-2-4-6-11/h2-6,12-13H,7-9H2,1H3/p+1. The molecular weight excluding hydrogens is 188 g/mol. The van der Waals surface area contributed by atoms with Crippen LogP contribution in [0, 0.1) is 0 Å². The average molecular weight is 205 g/mol. The largest absolute Gasteiger partial charge is 0.309 e. The van der Waals surface area contributed by atoms with E-state index in [-0.39, 0.29) is 5.91 Å². The summed E-state index contributed by atoms with van der Waals surface area (Å²) in [5, 5.41) is 3.45. The lowest BCUT2D eigenvalue weighted by Gasteiger charge is -2.28. The summed E-state index contributed by atoms with van der Waals surface area (Å²) in [6.07, 6.45) is 0. The van der Waals surface area contributed by atoms with Gasteiger partial charge in [-0.05, 0) is 5.56 Å². The number of amides is 1. The molecule has 1 aliphatic rings. The monoisotopic (exact) mass is 205 g/mol. The van der Waals surface area contributed by atoms with Crippen molar-refractivity contribution in [1.82, 2.24) is 5.32 Å². The molecule has 1 aliphatic heterocycles. The Balaban J connectivity index is 2.08. The first kappa shape index (κ1) is 10.3. The topological polar surface area (TPSA) is 33.5 Å². The van der Waals surface area contributed by atoms with Crippen molar-refractivity contribution in [1.29, 1.82) is 0 Å². The Labute approximate surface area is 90.1 Å². The van der Waals surface area contributed by atoms with Gasteiger partial charge in [-0.25, -0.2) is 4.79 Å².